The van der Waals surface area contributed by atoms with Crippen LogP contribution in [0.3, 0.4) is 0 Å². The SMILES string of the molecule is CC(=O)c1ccccc1C(F)C1CCOC1. The number of rotatable bonds is 3. The average Bonchev–Trinajstić information content (AvgIpc) is 2.81. The molecule has 1 fully saturated rings. The number of carbonyl (C=O) groups is 1. The molecule has 1 heterocycles. The minimum Gasteiger partial charge on any atom is -0.381 e. The molecule has 0 aromatic heterocycles. The molecule has 2 atom stereocenters. The molecule has 1 aliphatic rings. The first-order chi connectivity index (χ1) is 7.70. The van der Waals surface area contributed by atoms with Crippen LogP contribution in [-0.4, -0.2) is 19.0 Å². The molecule has 0 spiro atoms. The third kappa shape index (κ3) is 2.14. The van der Waals surface area contributed by atoms with Gasteiger partial charge in [0.25, 0.3) is 0 Å². The van der Waals surface area contributed by atoms with Crippen LogP contribution in [0.4, 0.5) is 4.39 Å². The van der Waals surface area contributed by atoms with E-state index in [-0.39, 0.29) is 11.7 Å². The molecule has 0 amide bonds. The Bertz CT molecular complexity index is 383. The van der Waals surface area contributed by atoms with Crippen molar-refractivity contribution in [3.63, 3.8) is 0 Å². The van der Waals surface area contributed by atoms with Crippen molar-refractivity contribution in [1.82, 2.24) is 0 Å². The molecule has 0 saturated carbocycles. The summed E-state index contributed by atoms with van der Waals surface area (Å²) in [6, 6.07) is 6.90. The van der Waals surface area contributed by atoms with Crippen molar-refractivity contribution in [3.05, 3.63) is 35.4 Å². The van der Waals surface area contributed by atoms with Crippen molar-refractivity contribution in [2.45, 2.75) is 19.5 Å². The first-order valence-electron chi connectivity index (χ1n) is 5.52. The van der Waals surface area contributed by atoms with Crippen molar-refractivity contribution in [1.29, 1.82) is 0 Å². The molecule has 0 radical (unpaired) electrons. The van der Waals surface area contributed by atoms with E-state index in [1.807, 2.05) is 0 Å². The van der Waals surface area contributed by atoms with E-state index in [1.54, 1.807) is 24.3 Å². The molecule has 1 aromatic rings. The molecule has 0 N–H and O–H groups in total. The normalized spacial score (nSPS) is 22.0. The number of benzene rings is 1. The smallest absolute Gasteiger partial charge is 0.160 e. The predicted octanol–water partition coefficient (Wildman–Crippen LogP) is 2.94. The number of alkyl halides is 1. The lowest BCUT2D eigenvalue weighted by atomic mass is 9.92. The summed E-state index contributed by atoms with van der Waals surface area (Å²) in [7, 11) is 0. The lowest BCUT2D eigenvalue weighted by Crippen LogP contribution is -2.12. The van der Waals surface area contributed by atoms with E-state index < -0.39 is 6.17 Å². The van der Waals surface area contributed by atoms with Crippen molar-refractivity contribution in [3.8, 4) is 0 Å². The summed E-state index contributed by atoms with van der Waals surface area (Å²) in [6.45, 7) is 2.54. The molecule has 1 aliphatic heterocycles. The highest BCUT2D eigenvalue weighted by Crippen LogP contribution is 2.33. The molecule has 86 valence electrons. The molecular weight excluding hydrogens is 207 g/mol. The van der Waals surface area contributed by atoms with Crippen LogP contribution in [0.15, 0.2) is 24.3 Å². The molecule has 16 heavy (non-hydrogen) atoms. The maximum atomic E-state index is 14.2. The van der Waals surface area contributed by atoms with Gasteiger partial charge in [0.1, 0.15) is 6.17 Å². The number of ketones is 1. The Morgan fingerprint density at radius 2 is 2.25 bits per heavy atom. The number of hydrogen-bond acceptors (Lipinski definition) is 2. The van der Waals surface area contributed by atoms with Crippen LogP contribution in [0.1, 0.15) is 35.4 Å². The van der Waals surface area contributed by atoms with Gasteiger partial charge in [-0.2, -0.15) is 0 Å². The van der Waals surface area contributed by atoms with Gasteiger partial charge in [0, 0.05) is 18.1 Å². The van der Waals surface area contributed by atoms with E-state index in [1.165, 1.54) is 6.92 Å². The van der Waals surface area contributed by atoms with E-state index in [0.29, 0.717) is 24.3 Å². The summed E-state index contributed by atoms with van der Waals surface area (Å²) in [4.78, 5) is 11.4. The molecule has 2 unspecified atom stereocenters. The molecular formula is C13H15FO2. The first kappa shape index (κ1) is 11.3. The number of Topliss-reactive ketones (excluding diaryl/α,β-unsaturated/α-hetero) is 1. The number of carbonyl (C=O) groups excluding carboxylic acids is 1. The van der Waals surface area contributed by atoms with Crippen LogP contribution in [0.25, 0.3) is 0 Å². The first-order valence-corrected chi connectivity index (χ1v) is 5.52. The predicted molar refractivity (Wildman–Crippen MR) is 59.2 cm³/mol. The second-order valence-electron chi connectivity index (χ2n) is 4.17. The van der Waals surface area contributed by atoms with Crippen LogP contribution in [-0.2, 0) is 4.74 Å². The lowest BCUT2D eigenvalue weighted by molar-refractivity contribution is 0.101. The van der Waals surface area contributed by atoms with Gasteiger partial charge in [-0.15, -0.1) is 0 Å². The number of halogens is 1. The molecule has 2 nitrogen and oxygen atoms in total. The highest BCUT2D eigenvalue weighted by molar-refractivity contribution is 5.95. The summed E-state index contributed by atoms with van der Waals surface area (Å²) in [5.74, 6) is -0.197. The van der Waals surface area contributed by atoms with Gasteiger partial charge >= 0.3 is 0 Å². The van der Waals surface area contributed by atoms with Crippen LogP contribution in [0.5, 0.6) is 0 Å². The van der Waals surface area contributed by atoms with Crippen molar-refractivity contribution < 1.29 is 13.9 Å². The van der Waals surface area contributed by atoms with Crippen molar-refractivity contribution in [2.24, 2.45) is 5.92 Å². The summed E-state index contributed by atoms with van der Waals surface area (Å²) in [5, 5.41) is 0. The highest BCUT2D eigenvalue weighted by atomic mass is 19.1. The molecule has 1 aromatic carbocycles. The second kappa shape index (κ2) is 4.74. The van der Waals surface area contributed by atoms with Crippen LogP contribution < -0.4 is 0 Å². The van der Waals surface area contributed by atoms with Gasteiger partial charge in [-0.3, -0.25) is 4.79 Å². The minimum atomic E-state index is -1.09. The highest BCUT2D eigenvalue weighted by Gasteiger charge is 2.28. The van der Waals surface area contributed by atoms with Gasteiger partial charge < -0.3 is 4.74 Å². The minimum absolute atomic E-state index is 0.0860. The van der Waals surface area contributed by atoms with Crippen LogP contribution >= 0.6 is 0 Å². The van der Waals surface area contributed by atoms with E-state index in [0.717, 1.165) is 6.42 Å². The number of ether oxygens (including phenoxy) is 1. The molecule has 0 aliphatic carbocycles. The fourth-order valence-corrected chi connectivity index (χ4v) is 2.10. The van der Waals surface area contributed by atoms with E-state index in [4.69, 9.17) is 4.74 Å². The summed E-state index contributed by atoms with van der Waals surface area (Å²) < 4.78 is 19.4. The van der Waals surface area contributed by atoms with Crippen LogP contribution in [0.2, 0.25) is 0 Å². The molecule has 0 bridgehead atoms. The third-order valence-electron chi connectivity index (χ3n) is 3.02. The maximum absolute atomic E-state index is 14.2. The molecule has 2 rings (SSSR count). The zero-order valence-electron chi connectivity index (χ0n) is 9.28. The Morgan fingerprint density at radius 3 is 2.88 bits per heavy atom. The largest absolute Gasteiger partial charge is 0.381 e. The van der Waals surface area contributed by atoms with Crippen LogP contribution in [0, 0.1) is 5.92 Å². The maximum Gasteiger partial charge on any atom is 0.160 e. The fourth-order valence-electron chi connectivity index (χ4n) is 2.10. The van der Waals surface area contributed by atoms with E-state index in [2.05, 4.69) is 0 Å². The third-order valence-corrected chi connectivity index (χ3v) is 3.02. The van der Waals surface area contributed by atoms with Gasteiger partial charge in [0.15, 0.2) is 5.78 Å². The Morgan fingerprint density at radius 1 is 1.50 bits per heavy atom. The Labute approximate surface area is 94.4 Å². The van der Waals surface area contributed by atoms with E-state index in [9.17, 15) is 9.18 Å². The Balaban J connectivity index is 2.27. The van der Waals surface area contributed by atoms with Gasteiger partial charge in [-0.25, -0.2) is 4.39 Å². The molecule has 3 heteroatoms. The summed E-state index contributed by atoms with van der Waals surface area (Å²) in [5.41, 5.74) is 0.993. The Hall–Kier alpha value is -1.22. The fraction of sp³-hybridized carbons (Fsp3) is 0.462. The standard InChI is InChI=1S/C13H15FO2/c1-9(15)11-4-2-3-5-12(11)13(14)10-6-7-16-8-10/h2-5,10,13H,6-8H2,1H3. The average molecular weight is 222 g/mol. The summed E-state index contributed by atoms with van der Waals surface area (Å²) in [6.07, 6.45) is -0.365. The zero-order chi connectivity index (χ0) is 11.5. The number of hydrogen-bond donors (Lipinski definition) is 0. The van der Waals surface area contributed by atoms with Gasteiger partial charge in [0.05, 0.1) is 6.61 Å². The van der Waals surface area contributed by atoms with Crippen molar-refractivity contribution >= 4 is 5.78 Å². The van der Waals surface area contributed by atoms with E-state index >= 15 is 0 Å². The van der Waals surface area contributed by atoms with Gasteiger partial charge in [0.2, 0.25) is 0 Å². The van der Waals surface area contributed by atoms with Gasteiger partial charge in [-0.1, -0.05) is 24.3 Å². The Kier molecular flexibility index (Phi) is 3.34. The monoisotopic (exact) mass is 222 g/mol. The molecule has 1 saturated heterocycles. The topological polar surface area (TPSA) is 26.3 Å². The summed E-state index contributed by atoms with van der Waals surface area (Å²) >= 11 is 0. The quantitative estimate of drug-likeness (QED) is 0.735. The zero-order valence-corrected chi connectivity index (χ0v) is 9.28. The lowest BCUT2D eigenvalue weighted by Gasteiger charge is -2.16. The second-order valence-corrected chi connectivity index (χ2v) is 4.17. The van der Waals surface area contributed by atoms with Gasteiger partial charge in [-0.05, 0) is 18.9 Å². The van der Waals surface area contributed by atoms with Crippen molar-refractivity contribution in [2.75, 3.05) is 13.2 Å².